The van der Waals surface area contributed by atoms with Crippen LogP contribution in [0.25, 0.3) is 0 Å². The van der Waals surface area contributed by atoms with E-state index in [0.29, 0.717) is 73.6 Å². The largest absolute Gasteiger partial charge is 0.497 e. The van der Waals surface area contributed by atoms with Gasteiger partial charge in [-0.25, -0.2) is 0 Å². The molecule has 101 heavy (non-hydrogen) atoms. The van der Waals surface area contributed by atoms with Gasteiger partial charge in [0.1, 0.15) is 23.0 Å². The molecule has 8 aliphatic carbocycles. The van der Waals surface area contributed by atoms with E-state index in [-0.39, 0.29) is 14.9 Å². The van der Waals surface area contributed by atoms with Crippen LogP contribution in [0, 0.1) is 118 Å². The summed E-state index contributed by atoms with van der Waals surface area (Å²) >= 11 is 0. The molecule has 0 bridgehead atoms. The van der Waals surface area contributed by atoms with E-state index in [0.717, 1.165) is 72.4 Å². The first-order valence-electron chi connectivity index (χ1n) is 39.4. The van der Waals surface area contributed by atoms with Crippen LogP contribution >= 0.6 is 0 Å². The average Bonchev–Trinajstić information content (AvgIpc) is 0.760. The molecule has 6 saturated carbocycles. The fourth-order valence-electron chi connectivity index (χ4n) is 24.0. The monoisotopic (exact) mass is 1380 g/mol. The Bertz CT molecular complexity index is 3410. The second-order valence-electron chi connectivity index (χ2n) is 37.1. The third-order valence-electron chi connectivity index (χ3n) is 28.7. The molecule has 8 aliphatic rings. The van der Waals surface area contributed by atoms with Gasteiger partial charge in [-0.15, -0.1) is 0 Å². The molecule has 12 atom stereocenters. The predicted octanol–water partition coefficient (Wildman–Crippen LogP) is 26.1. The lowest BCUT2D eigenvalue weighted by Gasteiger charge is -2.59. The summed E-state index contributed by atoms with van der Waals surface area (Å²) < 4.78 is 22.0. The van der Waals surface area contributed by atoms with Crippen LogP contribution in [0.15, 0.2) is 108 Å². The van der Waals surface area contributed by atoms with E-state index in [2.05, 4.69) is 218 Å². The van der Waals surface area contributed by atoms with Crippen LogP contribution in [0.5, 0.6) is 23.0 Å². The normalized spacial score (nSPS) is 30.8. The zero-order valence-electron chi connectivity index (χ0n) is 67.5. The Morgan fingerprint density at radius 3 is 1.27 bits per heavy atom. The first-order chi connectivity index (χ1) is 46.6. The molecule has 1 N–H and O–H groups in total. The zero-order chi connectivity index (χ0) is 72.8. The average molecular weight is 1380 g/mol. The maximum Gasteiger partial charge on any atom is 0.119 e. The third-order valence-corrected chi connectivity index (χ3v) is 28.7. The Morgan fingerprint density at radius 1 is 0.426 bits per heavy atom. The van der Waals surface area contributed by atoms with E-state index in [1.165, 1.54) is 179 Å². The number of methoxy groups -OCH3 is 4. The van der Waals surface area contributed by atoms with Gasteiger partial charge in [-0.05, 0) is 347 Å². The smallest absolute Gasteiger partial charge is 0.119 e. The molecular weight excluding hydrogens is 1230 g/mol. The number of hydrogen-bond donors (Lipinski definition) is 1. The van der Waals surface area contributed by atoms with E-state index in [9.17, 15) is 5.11 Å². The number of ether oxygens (including phenoxy) is 4. The highest BCUT2D eigenvalue weighted by molar-refractivity contribution is 6.05. The molecule has 4 aromatic carbocycles. The van der Waals surface area contributed by atoms with Crippen LogP contribution in [0.3, 0.4) is 0 Å². The number of hydrogen-bond acceptors (Lipinski definition) is 5. The van der Waals surface area contributed by atoms with E-state index in [4.69, 9.17) is 18.9 Å². The van der Waals surface area contributed by atoms with Crippen molar-refractivity contribution in [2.75, 3.05) is 35.0 Å². The number of fused-ring (bicyclic) bond motifs is 4. The maximum absolute atomic E-state index is 10.1. The van der Waals surface area contributed by atoms with Gasteiger partial charge in [-0.2, -0.15) is 0 Å². The Kier molecular flexibility index (Phi) is 29.3. The first kappa shape index (κ1) is 85.3. The van der Waals surface area contributed by atoms with Crippen LogP contribution in [0.4, 0.5) is 0 Å². The predicted molar refractivity (Wildman–Crippen MR) is 437 cm³/mol. The molecule has 6 heteroatoms. The first-order valence-corrected chi connectivity index (χ1v) is 39.4. The van der Waals surface area contributed by atoms with Crippen molar-refractivity contribution in [3.63, 3.8) is 0 Å². The molecule has 6 fully saturated rings. The van der Waals surface area contributed by atoms with Gasteiger partial charge in [0.2, 0.25) is 0 Å². The summed E-state index contributed by atoms with van der Waals surface area (Å²) in [5.74, 6) is 9.39. The Labute approximate surface area is 623 Å². The minimum absolute atomic E-state index is 0. The molecule has 2 radical (unpaired) electrons. The zero-order valence-corrected chi connectivity index (χ0v) is 67.5. The van der Waals surface area contributed by atoms with Crippen LogP contribution in [0.2, 0.25) is 6.82 Å². The van der Waals surface area contributed by atoms with Crippen molar-refractivity contribution in [3.05, 3.63) is 152 Å². The minimum atomic E-state index is 0. The summed E-state index contributed by atoms with van der Waals surface area (Å²) in [5.41, 5.74) is 20.6. The SMILES string of the molecule is C.C.C=C1CC[C@H]2C(C)(C)CCC[C@]2(C)[C@H]1Cc1cc(C)cc(OC)c1.COc1cc(C)cc(CC2=C(C)CC[C@H]3C(C)(C)CCC[C@]23C)c1.COc1cc(C)cc(C[C@H]2C(C)=CC[C@H]3C(C)(C)CCC[C@]23C)c1.COc1cc(C)cc(C[C@H]2[C@@H](CO)CC[C@H]3C(C)(C)CCC[C@]23C)c1.[B]C. The van der Waals surface area contributed by atoms with E-state index in [1.807, 2.05) is 0 Å². The van der Waals surface area contributed by atoms with Gasteiger partial charge >= 0.3 is 0 Å². The van der Waals surface area contributed by atoms with Crippen molar-refractivity contribution in [2.24, 2.45) is 90.7 Å². The van der Waals surface area contributed by atoms with Crippen LogP contribution in [0.1, 0.15) is 278 Å². The highest BCUT2D eigenvalue weighted by atomic mass is 16.5. The molecule has 5 nitrogen and oxygen atoms in total. The number of aliphatic hydroxyl groups is 1. The number of aryl methyl sites for hydroxylation is 4. The van der Waals surface area contributed by atoms with Crippen LogP contribution in [-0.2, 0) is 25.7 Å². The number of rotatable bonds is 13. The van der Waals surface area contributed by atoms with Crippen LogP contribution < -0.4 is 18.9 Å². The molecule has 0 amide bonds. The van der Waals surface area contributed by atoms with Gasteiger partial charge in [0, 0.05) is 6.61 Å². The van der Waals surface area contributed by atoms with Crippen molar-refractivity contribution in [1.29, 1.82) is 0 Å². The van der Waals surface area contributed by atoms with Crippen molar-refractivity contribution in [1.82, 2.24) is 0 Å². The van der Waals surface area contributed by atoms with E-state index in [1.54, 1.807) is 45.2 Å². The Morgan fingerprint density at radius 2 is 0.802 bits per heavy atom. The third kappa shape index (κ3) is 18.9. The van der Waals surface area contributed by atoms with Crippen molar-refractivity contribution in [2.45, 2.75) is 294 Å². The molecule has 0 saturated heterocycles. The van der Waals surface area contributed by atoms with Gasteiger partial charge in [0.25, 0.3) is 0 Å². The highest BCUT2D eigenvalue weighted by Crippen LogP contribution is 2.65. The highest BCUT2D eigenvalue weighted by Gasteiger charge is 2.56. The Hall–Kier alpha value is -4.68. The molecule has 0 aromatic heterocycles. The van der Waals surface area contributed by atoms with Gasteiger partial charge in [-0.3, -0.25) is 0 Å². The summed E-state index contributed by atoms with van der Waals surface area (Å²) in [6, 6.07) is 26.7. The summed E-state index contributed by atoms with van der Waals surface area (Å²) in [5, 5.41) is 10.1. The molecular formula is C95H149BO5. The molecule has 0 aliphatic heterocycles. The molecule has 12 rings (SSSR count). The Balaban J connectivity index is 0.000000209. The van der Waals surface area contributed by atoms with Gasteiger partial charge in [0.15, 0.2) is 0 Å². The van der Waals surface area contributed by atoms with Crippen LogP contribution in [-0.4, -0.2) is 48.0 Å². The summed E-state index contributed by atoms with van der Waals surface area (Å²) in [6.07, 6.45) is 32.2. The van der Waals surface area contributed by atoms with Crippen molar-refractivity contribution in [3.8, 4) is 23.0 Å². The summed E-state index contributed by atoms with van der Waals surface area (Å²) in [6.45, 7) is 49.9. The maximum atomic E-state index is 10.1. The lowest BCUT2D eigenvalue weighted by molar-refractivity contribution is -0.105. The molecule has 4 aromatic rings. The standard InChI is InChI=1S/C23H36O2.3C23H34O.CH3B.2CH4/c1-16-11-17(13-19(12-16)25-5)14-20-18(15-24)7-8-21-22(2,3)9-6-10-23(20,21)4;3*1-16-12-18(14-19(13-16)24-6)15-20-17(2)8-9-21-22(3,4)10-7-11-23(20,21)5;1-2;;/h11-13,18,20-21,24H,6-10,14-15H2,1-5H3;12-14,21H,7-11,15H2,1-6H3;8,12-14,20-21H,7,9-11,15H2,1-6H3;12-14,20-21H,2,7-11,15H2,1,3-6H3;1H3;2*1H4/t18-,20+,21+,23-;21-,23+;2*20-,21-,23+;;;/m1000.../s1. The van der Waals surface area contributed by atoms with Crippen molar-refractivity contribution >= 4 is 7.85 Å². The second-order valence-corrected chi connectivity index (χ2v) is 37.1. The lowest BCUT2D eigenvalue weighted by atomic mass is 9.46. The van der Waals surface area contributed by atoms with Gasteiger partial charge in [-0.1, -0.05) is 190 Å². The number of allylic oxidation sites excluding steroid dienone is 5. The van der Waals surface area contributed by atoms with Crippen molar-refractivity contribution < 1.29 is 24.1 Å². The molecule has 0 unspecified atom stereocenters. The quantitative estimate of drug-likeness (QED) is 0.107. The molecule has 0 spiro atoms. The van der Waals surface area contributed by atoms with E-state index >= 15 is 0 Å². The molecule has 0 heterocycles. The number of aliphatic hydroxyl groups excluding tert-OH is 1. The number of benzene rings is 4. The minimum Gasteiger partial charge on any atom is -0.497 e. The fourth-order valence-corrected chi connectivity index (χ4v) is 24.0. The lowest BCUT2D eigenvalue weighted by Crippen LogP contribution is -2.52. The summed E-state index contributed by atoms with van der Waals surface area (Å²) in [4.78, 5) is 0. The molecule has 562 valence electrons. The van der Waals surface area contributed by atoms with E-state index < -0.39 is 0 Å². The summed E-state index contributed by atoms with van der Waals surface area (Å²) in [7, 11) is 11.5. The van der Waals surface area contributed by atoms with Gasteiger partial charge < -0.3 is 24.1 Å². The van der Waals surface area contributed by atoms with Gasteiger partial charge in [0.05, 0.1) is 36.3 Å². The second kappa shape index (κ2) is 34.7. The topological polar surface area (TPSA) is 57.2 Å². The fraction of sp³-hybridized carbons (Fsp3) is 0.684.